The molecule has 1 N–H and O–H groups in total. The summed E-state index contributed by atoms with van der Waals surface area (Å²) in [6, 6.07) is 0.619. The molecule has 2 fully saturated rings. The quantitative estimate of drug-likeness (QED) is 0.797. The van der Waals surface area contributed by atoms with Crippen molar-refractivity contribution >= 4 is 6.09 Å². The Kier molecular flexibility index (Phi) is 6.72. The molecule has 1 amide bonds. The first-order chi connectivity index (χ1) is 10.9. The molecule has 0 aromatic rings. The van der Waals surface area contributed by atoms with Crippen molar-refractivity contribution < 1.29 is 14.4 Å². The molecule has 0 radical (unpaired) electrons. The van der Waals surface area contributed by atoms with Crippen LogP contribution in [0.2, 0.25) is 0 Å². The van der Waals surface area contributed by atoms with E-state index in [9.17, 15) is 4.79 Å². The average molecular weight is 326 g/mol. The second-order valence-electron chi connectivity index (χ2n) is 7.84. The van der Waals surface area contributed by atoms with Crippen LogP contribution in [0, 0.1) is 5.92 Å². The van der Waals surface area contributed by atoms with Crippen molar-refractivity contribution in [2.24, 2.45) is 5.92 Å². The van der Waals surface area contributed by atoms with Gasteiger partial charge in [-0.2, -0.15) is 5.48 Å². The third-order valence-electron chi connectivity index (χ3n) is 4.87. The summed E-state index contributed by atoms with van der Waals surface area (Å²) in [4.78, 5) is 20.1. The van der Waals surface area contributed by atoms with Crippen LogP contribution >= 0.6 is 0 Å². The molecule has 3 unspecified atom stereocenters. The Morgan fingerprint density at radius 3 is 2.52 bits per heavy atom. The first-order valence-electron chi connectivity index (χ1n) is 9.29. The summed E-state index contributed by atoms with van der Waals surface area (Å²) < 4.78 is 5.65. The Hall–Kier alpha value is -0.810. The molecule has 2 rings (SSSR count). The molecule has 1 saturated heterocycles. The summed E-state index contributed by atoms with van der Waals surface area (Å²) in [6.07, 6.45) is 7.97. The molecule has 5 nitrogen and oxygen atoms in total. The lowest BCUT2D eigenvalue weighted by atomic mass is 9.77. The van der Waals surface area contributed by atoms with Crippen molar-refractivity contribution in [2.75, 3.05) is 13.2 Å². The van der Waals surface area contributed by atoms with Gasteiger partial charge in [0.1, 0.15) is 5.60 Å². The monoisotopic (exact) mass is 326 g/mol. The van der Waals surface area contributed by atoms with Crippen LogP contribution in [0.3, 0.4) is 0 Å². The molecule has 3 atom stereocenters. The van der Waals surface area contributed by atoms with Gasteiger partial charge >= 0.3 is 6.09 Å². The largest absolute Gasteiger partial charge is 0.444 e. The fourth-order valence-electron chi connectivity index (χ4n) is 3.91. The van der Waals surface area contributed by atoms with Gasteiger partial charge < -0.3 is 14.5 Å². The maximum Gasteiger partial charge on any atom is 0.410 e. The second-order valence-corrected chi connectivity index (χ2v) is 7.84. The minimum absolute atomic E-state index is 0.150. The minimum atomic E-state index is -0.436. The lowest BCUT2D eigenvalue weighted by molar-refractivity contribution is -0.0364. The molecule has 0 aromatic carbocycles. The smallest absolute Gasteiger partial charge is 0.410 e. The van der Waals surface area contributed by atoms with Crippen LogP contribution < -0.4 is 5.48 Å². The molecule has 1 saturated carbocycles. The number of rotatable bonds is 4. The molecule has 2 aliphatic rings. The van der Waals surface area contributed by atoms with Crippen LogP contribution in [0.4, 0.5) is 4.79 Å². The Bertz CT molecular complexity index is 381. The highest BCUT2D eigenvalue weighted by Gasteiger charge is 2.39. The number of likely N-dealkylation sites (tertiary alicyclic amines) is 1. The van der Waals surface area contributed by atoms with Crippen molar-refractivity contribution in [2.45, 2.75) is 90.3 Å². The maximum atomic E-state index is 12.6. The standard InChI is InChI=1S/C18H34N2O3/c1-5-22-19-15-11-7-6-10-14(15)16-12-8-9-13-20(16)17(21)23-18(2,3)4/h14-16,19H,5-13H2,1-4H3. The lowest BCUT2D eigenvalue weighted by Crippen LogP contribution is -2.54. The van der Waals surface area contributed by atoms with E-state index in [0.29, 0.717) is 18.6 Å². The first-order valence-corrected chi connectivity index (χ1v) is 9.29. The molecule has 5 heteroatoms. The van der Waals surface area contributed by atoms with E-state index in [-0.39, 0.29) is 12.1 Å². The predicted octanol–water partition coefficient (Wildman–Crippen LogP) is 3.88. The fourth-order valence-corrected chi connectivity index (χ4v) is 3.91. The van der Waals surface area contributed by atoms with E-state index < -0.39 is 5.60 Å². The number of nitrogens with zero attached hydrogens (tertiary/aromatic N) is 1. The van der Waals surface area contributed by atoms with Crippen LogP contribution in [-0.2, 0) is 9.57 Å². The molecule has 0 bridgehead atoms. The van der Waals surface area contributed by atoms with Crippen LogP contribution in [-0.4, -0.2) is 41.8 Å². The number of hydrogen-bond donors (Lipinski definition) is 1. The van der Waals surface area contributed by atoms with Crippen LogP contribution in [0.15, 0.2) is 0 Å². The number of hydrogen-bond acceptors (Lipinski definition) is 4. The molecule has 0 spiro atoms. The maximum absolute atomic E-state index is 12.6. The van der Waals surface area contributed by atoms with E-state index in [1.165, 1.54) is 19.3 Å². The number of ether oxygens (including phenoxy) is 1. The van der Waals surface area contributed by atoms with E-state index in [1.807, 2.05) is 32.6 Å². The van der Waals surface area contributed by atoms with Gasteiger partial charge in [0.2, 0.25) is 0 Å². The molecular formula is C18H34N2O3. The zero-order chi connectivity index (χ0) is 16.9. The van der Waals surface area contributed by atoms with Crippen LogP contribution in [0.1, 0.15) is 72.6 Å². The first kappa shape index (κ1) is 18.5. The highest BCUT2D eigenvalue weighted by Crippen LogP contribution is 2.34. The highest BCUT2D eigenvalue weighted by molar-refractivity contribution is 5.68. The van der Waals surface area contributed by atoms with Crippen LogP contribution in [0.5, 0.6) is 0 Å². The summed E-state index contributed by atoms with van der Waals surface area (Å²) in [5.74, 6) is 0.461. The van der Waals surface area contributed by atoms with Gasteiger partial charge in [0, 0.05) is 18.6 Å². The number of carbonyl (C=O) groups is 1. The molecule has 0 aromatic heterocycles. The van der Waals surface area contributed by atoms with E-state index in [0.717, 1.165) is 32.2 Å². The third-order valence-corrected chi connectivity index (χ3v) is 4.87. The predicted molar refractivity (Wildman–Crippen MR) is 91.1 cm³/mol. The van der Waals surface area contributed by atoms with Gasteiger partial charge in [0.25, 0.3) is 0 Å². The van der Waals surface area contributed by atoms with Crippen molar-refractivity contribution in [1.29, 1.82) is 0 Å². The zero-order valence-electron chi connectivity index (χ0n) is 15.3. The molecule has 134 valence electrons. The number of carbonyl (C=O) groups excluding carboxylic acids is 1. The average Bonchev–Trinajstić information content (AvgIpc) is 2.51. The minimum Gasteiger partial charge on any atom is -0.444 e. The molecule has 1 heterocycles. The lowest BCUT2D eigenvalue weighted by Gasteiger charge is -2.45. The van der Waals surface area contributed by atoms with Gasteiger partial charge in [0.05, 0.1) is 6.61 Å². The summed E-state index contributed by atoms with van der Waals surface area (Å²) in [5.41, 5.74) is 2.81. The van der Waals surface area contributed by atoms with Gasteiger partial charge in [-0.05, 0) is 65.7 Å². The summed E-state index contributed by atoms with van der Waals surface area (Å²) in [6.45, 7) is 9.29. The topological polar surface area (TPSA) is 50.8 Å². The number of hydroxylamine groups is 1. The summed E-state index contributed by atoms with van der Waals surface area (Å²) >= 11 is 0. The van der Waals surface area contributed by atoms with Crippen molar-refractivity contribution in [3.63, 3.8) is 0 Å². The van der Waals surface area contributed by atoms with Gasteiger partial charge in [-0.1, -0.05) is 12.8 Å². The molecule has 23 heavy (non-hydrogen) atoms. The number of amides is 1. The van der Waals surface area contributed by atoms with E-state index >= 15 is 0 Å². The van der Waals surface area contributed by atoms with Gasteiger partial charge in [0.15, 0.2) is 0 Å². The van der Waals surface area contributed by atoms with E-state index in [4.69, 9.17) is 9.57 Å². The SMILES string of the molecule is CCONC1CCCCC1C1CCCCN1C(=O)OC(C)(C)C. The van der Waals surface area contributed by atoms with Gasteiger partial charge in [-0.3, -0.25) is 0 Å². The molecule has 1 aliphatic heterocycles. The Morgan fingerprint density at radius 2 is 1.83 bits per heavy atom. The van der Waals surface area contributed by atoms with E-state index in [1.54, 1.807) is 0 Å². The van der Waals surface area contributed by atoms with Crippen molar-refractivity contribution in [1.82, 2.24) is 10.4 Å². The van der Waals surface area contributed by atoms with E-state index in [2.05, 4.69) is 5.48 Å². The summed E-state index contributed by atoms with van der Waals surface area (Å²) in [5, 5.41) is 0. The fraction of sp³-hybridized carbons (Fsp3) is 0.944. The Morgan fingerprint density at radius 1 is 1.13 bits per heavy atom. The molecular weight excluding hydrogens is 292 g/mol. The number of piperidine rings is 1. The highest BCUT2D eigenvalue weighted by atomic mass is 16.6. The second kappa shape index (κ2) is 8.34. The zero-order valence-corrected chi connectivity index (χ0v) is 15.3. The third kappa shape index (κ3) is 5.35. The number of nitrogens with one attached hydrogen (secondary N) is 1. The van der Waals surface area contributed by atoms with Gasteiger partial charge in [-0.15, -0.1) is 0 Å². The summed E-state index contributed by atoms with van der Waals surface area (Å²) in [7, 11) is 0. The Balaban J connectivity index is 2.07. The van der Waals surface area contributed by atoms with Crippen LogP contribution in [0.25, 0.3) is 0 Å². The van der Waals surface area contributed by atoms with Gasteiger partial charge in [-0.25, -0.2) is 4.79 Å². The molecule has 1 aliphatic carbocycles. The van der Waals surface area contributed by atoms with Crippen molar-refractivity contribution in [3.05, 3.63) is 0 Å². The Labute approximate surface area is 141 Å². The van der Waals surface area contributed by atoms with Crippen molar-refractivity contribution in [3.8, 4) is 0 Å². The normalized spacial score (nSPS) is 29.4.